The molecule has 0 spiro atoms. The van der Waals surface area contributed by atoms with Crippen molar-refractivity contribution < 1.29 is 12.8 Å². The minimum atomic E-state index is -3.37. The third-order valence-corrected chi connectivity index (χ3v) is 6.37. The van der Waals surface area contributed by atoms with Gasteiger partial charge in [0.2, 0.25) is 10.0 Å². The molecular weight excluding hydrogens is 386 g/mol. The van der Waals surface area contributed by atoms with Crippen molar-refractivity contribution in [1.82, 2.24) is 9.97 Å². The van der Waals surface area contributed by atoms with Crippen LogP contribution in [0.5, 0.6) is 0 Å². The Labute approximate surface area is 170 Å². The van der Waals surface area contributed by atoms with Crippen molar-refractivity contribution in [2.45, 2.75) is 39.0 Å². The summed E-state index contributed by atoms with van der Waals surface area (Å²) in [4.78, 5) is 7.81. The van der Waals surface area contributed by atoms with E-state index in [9.17, 15) is 8.42 Å². The first-order valence-corrected chi connectivity index (χ1v) is 11.6. The molecule has 7 heteroatoms. The second-order valence-electron chi connectivity index (χ2n) is 7.51. The van der Waals surface area contributed by atoms with Crippen molar-refractivity contribution in [3.05, 3.63) is 59.6 Å². The molecular formula is C22H25N3O3S. The summed E-state index contributed by atoms with van der Waals surface area (Å²) in [5.41, 5.74) is 5.07. The van der Waals surface area contributed by atoms with Gasteiger partial charge in [-0.2, -0.15) is 0 Å². The number of rotatable bonds is 6. The van der Waals surface area contributed by atoms with Crippen LogP contribution in [0.15, 0.2) is 47.0 Å². The third kappa shape index (κ3) is 3.29. The maximum absolute atomic E-state index is 11.8. The lowest BCUT2D eigenvalue weighted by atomic mass is 9.70. The number of benzene rings is 2. The first-order valence-electron chi connectivity index (χ1n) is 9.73. The Morgan fingerprint density at radius 2 is 1.93 bits per heavy atom. The van der Waals surface area contributed by atoms with Crippen LogP contribution in [0.25, 0.3) is 22.0 Å². The molecule has 0 radical (unpaired) electrons. The van der Waals surface area contributed by atoms with Crippen LogP contribution in [-0.4, -0.2) is 24.6 Å². The monoisotopic (exact) mass is 411 g/mol. The van der Waals surface area contributed by atoms with Crippen molar-refractivity contribution in [2.75, 3.05) is 11.0 Å². The van der Waals surface area contributed by atoms with Crippen molar-refractivity contribution in [3.63, 3.8) is 0 Å². The van der Waals surface area contributed by atoms with E-state index in [-0.39, 0.29) is 5.41 Å². The van der Waals surface area contributed by atoms with Crippen LogP contribution in [0, 0.1) is 6.92 Å². The molecule has 152 valence electrons. The van der Waals surface area contributed by atoms with Gasteiger partial charge in [-0.3, -0.25) is 4.72 Å². The molecule has 4 aromatic rings. The number of aryl methyl sites for hydroxylation is 1. The maximum Gasteiger partial charge on any atom is 0.229 e. The predicted molar refractivity (Wildman–Crippen MR) is 117 cm³/mol. The minimum absolute atomic E-state index is 0.233. The minimum Gasteiger partial charge on any atom is -0.441 e. The van der Waals surface area contributed by atoms with Crippen molar-refractivity contribution in [2.24, 2.45) is 0 Å². The Hall–Kier alpha value is -2.80. The molecule has 2 heterocycles. The van der Waals surface area contributed by atoms with Crippen LogP contribution in [0.4, 0.5) is 5.69 Å². The van der Waals surface area contributed by atoms with Crippen LogP contribution in [-0.2, 0) is 15.4 Å². The van der Waals surface area contributed by atoms with E-state index in [0.29, 0.717) is 11.6 Å². The summed E-state index contributed by atoms with van der Waals surface area (Å²) in [5.74, 6) is 0.652. The van der Waals surface area contributed by atoms with E-state index in [1.165, 1.54) is 5.56 Å². The van der Waals surface area contributed by atoms with Crippen molar-refractivity contribution >= 4 is 37.7 Å². The molecule has 0 unspecified atom stereocenters. The topological polar surface area (TPSA) is 88.0 Å². The van der Waals surface area contributed by atoms with E-state index in [4.69, 9.17) is 4.42 Å². The summed E-state index contributed by atoms with van der Waals surface area (Å²) in [5, 5.41) is 1.01. The molecule has 2 aromatic heterocycles. The Kier molecular flexibility index (Phi) is 4.65. The summed E-state index contributed by atoms with van der Waals surface area (Å²) in [6.07, 6.45) is 4.95. The molecule has 0 aliphatic rings. The lowest BCUT2D eigenvalue weighted by Crippen LogP contribution is -2.25. The zero-order chi connectivity index (χ0) is 20.8. The molecule has 0 saturated carbocycles. The predicted octanol–water partition coefficient (Wildman–Crippen LogP) is 5.10. The number of aromatic nitrogens is 2. The summed E-state index contributed by atoms with van der Waals surface area (Å²) >= 11 is 0. The van der Waals surface area contributed by atoms with Crippen LogP contribution in [0.2, 0.25) is 0 Å². The standard InChI is InChI=1S/C22H25N3O3S/c1-5-22(6-2,15-10-11-20-19(12-15)24-14(3)28-20)17-13-23-21-16(17)8-7-9-18(21)25-29(4,26)27/h7-13,23,25H,5-6H2,1-4H3. The number of oxazole rings is 1. The Bertz CT molecular complexity index is 1300. The number of sulfonamides is 1. The molecule has 0 aliphatic carbocycles. The highest BCUT2D eigenvalue weighted by Gasteiger charge is 2.34. The number of hydrogen-bond acceptors (Lipinski definition) is 4. The Morgan fingerprint density at radius 3 is 2.62 bits per heavy atom. The molecule has 6 nitrogen and oxygen atoms in total. The summed E-state index contributed by atoms with van der Waals surface area (Å²) in [6, 6.07) is 11.9. The summed E-state index contributed by atoms with van der Waals surface area (Å²) in [7, 11) is -3.37. The van der Waals surface area contributed by atoms with E-state index in [2.05, 4.69) is 40.7 Å². The first-order chi connectivity index (χ1) is 13.8. The zero-order valence-corrected chi connectivity index (χ0v) is 17.9. The van der Waals surface area contributed by atoms with Gasteiger partial charge in [-0.25, -0.2) is 13.4 Å². The number of hydrogen-bond donors (Lipinski definition) is 2. The van der Waals surface area contributed by atoms with Crippen molar-refractivity contribution in [3.8, 4) is 0 Å². The molecule has 0 fully saturated rings. The molecule has 0 aliphatic heterocycles. The molecule has 0 amide bonds. The normalized spacial score (nSPS) is 12.7. The van der Waals surface area contributed by atoms with Crippen LogP contribution >= 0.6 is 0 Å². The second kappa shape index (κ2) is 6.91. The molecule has 0 atom stereocenters. The quantitative estimate of drug-likeness (QED) is 0.462. The SMILES string of the molecule is CCC(CC)(c1ccc2oc(C)nc2c1)c1c[nH]c2c(NS(C)(=O)=O)cccc12. The van der Waals surface area contributed by atoms with Gasteiger partial charge in [0.1, 0.15) is 5.52 Å². The second-order valence-corrected chi connectivity index (χ2v) is 9.26. The van der Waals surface area contributed by atoms with E-state index < -0.39 is 10.0 Å². The smallest absolute Gasteiger partial charge is 0.229 e. The number of aromatic amines is 1. The van der Waals surface area contributed by atoms with Gasteiger partial charge in [0.15, 0.2) is 11.5 Å². The van der Waals surface area contributed by atoms with Gasteiger partial charge in [0.25, 0.3) is 0 Å². The van der Waals surface area contributed by atoms with E-state index in [1.54, 1.807) is 6.07 Å². The fraction of sp³-hybridized carbons (Fsp3) is 0.318. The van der Waals surface area contributed by atoms with Gasteiger partial charge in [-0.1, -0.05) is 32.0 Å². The summed E-state index contributed by atoms with van der Waals surface area (Å²) < 4.78 is 31.8. The van der Waals surface area contributed by atoms with Crippen molar-refractivity contribution in [1.29, 1.82) is 0 Å². The van der Waals surface area contributed by atoms with Gasteiger partial charge in [-0.05, 0) is 42.2 Å². The highest BCUT2D eigenvalue weighted by atomic mass is 32.2. The number of anilines is 1. The highest BCUT2D eigenvalue weighted by molar-refractivity contribution is 7.92. The number of para-hydroxylation sites is 1. The Balaban J connectivity index is 1.92. The summed E-state index contributed by atoms with van der Waals surface area (Å²) in [6.45, 7) is 6.21. The van der Waals surface area contributed by atoms with Crippen LogP contribution < -0.4 is 4.72 Å². The number of fused-ring (bicyclic) bond motifs is 2. The highest BCUT2D eigenvalue weighted by Crippen LogP contribution is 2.43. The lowest BCUT2D eigenvalue weighted by molar-refractivity contribution is 0.482. The average Bonchev–Trinajstić information content (AvgIpc) is 3.26. The van der Waals surface area contributed by atoms with E-state index in [1.807, 2.05) is 31.3 Å². The van der Waals surface area contributed by atoms with Gasteiger partial charge in [0.05, 0.1) is 17.5 Å². The zero-order valence-electron chi connectivity index (χ0n) is 17.0. The Morgan fingerprint density at radius 1 is 1.17 bits per heavy atom. The largest absolute Gasteiger partial charge is 0.441 e. The van der Waals surface area contributed by atoms with Crippen LogP contribution in [0.3, 0.4) is 0 Å². The fourth-order valence-corrected chi connectivity index (χ4v) is 4.94. The fourth-order valence-electron chi connectivity index (χ4n) is 4.37. The third-order valence-electron chi connectivity index (χ3n) is 5.78. The van der Waals surface area contributed by atoms with Gasteiger partial charge >= 0.3 is 0 Å². The number of H-pyrrole nitrogens is 1. The average molecular weight is 412 g/mol. The van der Waals surface area contributed by atoms with Crippen LogP contribution in [0.1, 0.15) is 43.7 Å². The van der Waals surface area contributed by atoms with Gasteiger partial charge < -0.3 is 9.40 Å². The number of nitrogens with one attached hydrogen (secondary N) is 2. The molecule has 29 heavy (non-hydrogen) atoms. The van der Waals surface area contributed by atoms with Gasteiger partial charge in [-0.15, -0.1) is 0 Å². The molecule has 2 N–H and O–H groups in total. The molecule has 0 saturated heterocycles. The molecule has 0 bridgehead atoms. The van der Waals surface area contributed by atoms with E-state index >= 15 is 0 Å². The maximum atomic E-state index is 11.8. The first kappa shape index (κ1) is 19.5. The van der Waals surface area contributed by atoms with E-state index in [0.717, 1.165) is 46.7 Å². The number of nitrogens with zero attached hydrogens (tertiary/aromatic N) is 1. The molecule has 4 rings (SSSR count). The van der Waals surface area contributed by atoms with Gasteiger partial charge in [0, 0.05) is 23.9 Å². The lowest BCUT2D eigenvalue weighted by Gasteiger charge is -2.32. The molecule has 2 aromatic carbocycles.